The number of nitrogens with two attached hydrogens (primary N) is 1. The lowest BCUT2D eigenvalue weighted by molar-refractivity contribution is 0.0698. The molecule has 0 saturated heterocycles. The molecular formula is C12H17FN2O2. The zero-order chi connectivity index (χ0) is 13.2. The number of rotatable bonds is 4. The molecule has 17 heavy (non-hydrogen) atoms. The van der Waals surface area contributed by atoms with Crippen LogP contribution in [0, 0.1) is 5.82 Å². The molecule has 0 spiro atoms. The minimum absolute atomic E-state index is 0.0569. The topological polar surface area (TPSA) is 66.6 Å². The normalized spacial score (nSPS) is 10.6. The van der Waals surface area contributed by atoms with Crippen molar-refractivity contribution in [3.8, 4) is 0 Å². The van der Waals surface area contributed by atoms with Gasteiger partial charge >= 0.3 is 5.97 Å². The van der Waals surface area contributed by atoms with Crippen LogP contribution in [0.4, 0.5) is 15.8 Å². The summed E-state index contributed by atoms with van der Waals surface area (Å²) in [4.78, 5) is 12.7. The highest BCUT2D eigenvalue weighted by Gasteiger charge is 2.18. The number of carboxylic acids is 1. The number of carbonyl (C=O) groups is 1. The molecule has 4 nitrogen and oxygen atoms in total. The van der Waals surface area contributed by atoms with Crippen LogP contribution in [0.5, 0.6) is 0 Å². The fourth-order valence-electron chi connectivity index (χ4n) is 1.80. The predicted molar refractivity (Wildman–Crippen MR) is 65.9 cm³/mol. The van der Waals surface area contributed by atoms with Crippen molar-refractivity contribution < 1.29 is 14.3 Å². The van der Waals surface area contributed by atoms with Gasteiger partial charge in [0.05, 0.1) is 11.3 Å². The van der Waals surface area contributed by atoms with E-state index in [9.17, 15) is 9.18 Å². The van der Waals surface area contributed by atoms with E-state index in [2.05, 4.69) is 0 Å². The molecule has 0 atom stereocenters. The summed E-state index contributed by atoms with van der Waals surface area (Å²) >= 11 is 0. The van der Waals surface area contributed by atoms with Gasteiger partial charge in [-0.2, -0.15) is 0 Å². The SMILES string of the molecule is CCN(c1cc(C(=O)O)c(N)cc1F)C(C)C. The Labute approximate surface area is 99.8 Å². The van der Waals surface area contributed by atoms with Gasteiger partial charge in [-0.05, 0) is 32.9 Å². The Kier molecular flexibility index (Phi) is 3.93. The maximum absolute atomic E-state index is 13.8. The Morgan fingerprint density at radius 1 is 1.53 bits per heavy atom. The van der Waals surface area contributed by atoms with E-state index in [4.69, 9.17) is 10.8 Å². The van der Waals surface area contributed by atoms with E-state index in [-0.39, 0.29) is 23.0 Å². The molecule has 1 aromatic rings. The molecule has 1 rings (SSSR count). The summed E-state index contributed by atoms with van der Waals surface area (Å²) in [5.41, 5.74) is 5.62. The second-order valence-electron chi connectivity index (χ2n) is 4.08. The van der Waals surface area contributed by atoms with Crippen LogP contribution in [0.3, 0.4) is 0 Å². The zero-order valence-corrected chi connectivity index (χ0v) is 10.2. The lowest BCUT2D eigenvalue weighted by Crippen LogP contribution is -2.31. The zero-order valence-electron chi connectivity index (χ0n) is 10.2. The molecule has 94 valence electrons. The smallest absolute Gasteiger partial charge is 0.337 e. The summed E-state index contributed by atoms with van der Waals surface area (Å²) in [7, 11) is 0. The van der Waals surface area contributed by atoms with E-state index < -0.39 is 11.8 Å². The van der Waals surface area contributed by atoms with E-state index in [1.165, 1.54) is 6.07 Å². The van der Waals surface area contributed by atoms with Crippen LogP contribution in [0.15, 0.2) is 12.1 Å². The molecule has 0 aromatic heterocycles. The minimum Gasteiger partial charge on any atom is -0.478 e. The largest absolute Gasteiger partial charge is 0.478 e. The Bertz CT molecular complexity index is 433. The average Bonchev–Trinajstić information content (AvgIpc) is 2.21. The third kappa shape index (κ3) is 2.67. The number of anilines is 2. The lowest BCUT2D eigenvalue weighted by Gasteiger charge is -2.28. The number of nitrogen functional groups attached to an aromatic ring is 1. The molecule has 1 aromatic carbocycles. The van der Waals surface area contributed by atoms with Crippen LogP contribution in [-0.4, -0.2) is 23.7 Å². The monoisotopic (exact) mass is 240 g/mol. The van der Waals surface area contributed by atoms with Crippen molar-refractivity contribution in [1.82, 2.24) is 0 Å². The van der Waals surface area contributed by atoms with E-state index in [1.807, 2.05) is 20.8 Å². The van der Waals surface area contributed by atoms with Crippen LogP contribution < -0.4 is 10.6 Å². The molecule has 3 N–H and O–H groups in total. The summed E-state index contributed by atoms with van der Waals surface area (Å²) in [6.07, 6.45) is 0. The first-order valence-corrected chi connectivity index (χ1v) is 5.47. The van der Waals surface area contributed by atoms with Crippen molar-refractivity contribution in [3.63, 3.8) is 0 Å². The Balaban J connectivity index is 3.33. The van der Waals surface area contributed by atoms with Gasteiger partial charge in [-0.1, -0.05) is 0 Å². The predicted octanol–water partition coefficient (Wildman–Crippen LogP) is 2.34. The molecular weight excluding hydrogens is 223 g/mol. The van der Waals surface area contributed by atoms with Gasteiger partial charge in [-0.3, -0.25) is 0 Å². The van der Waals surface area contributed by atoms with Gasteiger partial charge in [-0.15, -0.1) is 0 Å². The van der Waals surface area contributed by atoms with Crippen molar-refractivity contribution >= 4 is 17.3 Å². The molecule has 0 amide bonds. The summed E-state index contributed by atoms with van der Waals surface area (Å²) in [6.45, 7) is 6.31. The molecule has 0 aliphatic carbocycles. The third-order valence-corrected chi connectivity index (χ3v) is 2.62. The molecule has 0 fully saturated rings. The number of hydrogen-bond acceptors (Lipinski definition) is 3. The summed E-state index contributed by atoms with van der Waals surface area (Å²) in [5.74, 6) is -1.65. The first-order valence-electron chi connectivity index (χ1n) is 5.47. The molecule has 0 aliphatic rings. The fourth-order valence-corrected chi connectivity index (χ4v) is 1.80. The van der Waals surface area contributed by atoms with Crippen molar-refractivity contribution in [2.75, 3.05) is 17.2 Å². The lowest BCUT2D eigenvalue weighted by atomic mass is 10.1. The fraction of sp³-hybridized carbons (Fsp3) is 0.417. The molecule has 0 aliphatic heterocycles. The maximum atomic E-state index is 13.8. The summed E-state index contributed by atoms with van der Waals surface area (Å²) in [5, 5.41) is 8.95. The van der Waals surface area contributed by atoms with Crippen LogP contribution in [0.1, 0.15) is 31.1 Å². The highest BCUT2D eigenvalue weighted by molar-refractivity contribution is 5.95. The Morgan fingerprint density at radius 2 is 2.12 bits per heavy atom. The molecule has 0 bridgehead atoms. The number of nitrogens with zero attached hydrogens (tertiary/aromatic N) is 1. The van der Waals surface area contributed by atoms with Crippen LogP contribution in [-0.2, 0) is 0 Å². The van der Waals surface area contributed by atoms with Gasteiger partial charge in [0.15, 0.2) is 0 Å². The molecule has 0 saturated carbocycles. The van der Waals surface area contributed by atoms with E-state index in [0.29, 0.717) is 6.54 Å². The van der Waals surface area contributed by atoms with Gasteiger partial charge < -0.3 is 15.7 Å². The molecule has 0 heterocycles. The minimum atomic E-state index is -1.15. The van der Waals surface area contributed by atoms with E-state index in [1.54, 1.807) is 4.90 Å². The average molecular weight is 240 g/mol. The maximum Gasteiger partial charge on any atom is 0.337 e. The number of carboxylic acid groups (broad SMARTS) is 1. The van der Waals surface area contributed by atoms with Gasteiger partial charge in [0.2, 0.25) is 0 Å². The first-order chi connectivity index (χ1) is 7.88. The quantitative estimate of drug-likeness (QED) is 0.793. The second-order valence-corrected chi connectivity index (χ2v) is 4.08. The Morgan fingerprint density at radius 3 is 2.53 bits per heavy atom. The number of hydrogen-bond donors (Lipinski definition) is 2. The van der Waals surface area contributed by atoms with Crippen molar-refractivity contribution in [3.05, 3.63) is 23.5 Å². The Hall–Kier alpha value is -1.78. The highest BCUT2D eigenvalue weighted by Crippen LogP contribution is 2.26. The highest BCUT2D eigenvalue weighted by atomic mass is 19.1. The van der Waals surface area contributed by atoms with E-state index >= 15 is 0 Å². The number of aromatic carboxylic acids is 1. The van der Waals surface area contributed by atoms with Crippen molar-refractivity contribution in [1.29, 1.82) is 0 Å². The van der Waals surface area contributed by atoms with Crippen LogP contribution in [0.25, 0.3) is 0 Å². The van der Waals surface area contributed by atoms with Gasteiger partial charge in [-0.25, -0.2) is 9.18 Å². The molecule has 0 unspecified atom stereocenters. The number of halogens is 1. The first kappa shape index (κ1) is 13.3. The molecule has 0 radical (unpaired) electrons. The van der Waals surface area contributed by atoms with Gasteiger partial charge in [0.1, 0.15) is 5.82 Å². The van der Waals surface area contributed by atoms with Crippen LogP contribution >= 0.6 is 0 Å². The summed E-state index contributed by atoms with van der Waals surface area (Å²) in [6, 6.07) is 2.43. The molecule has 5 heteroatoms. The third-order valence-electron chi connectivity index (χ3n) is 2.62. The van der Waals surface area contributed by atoms with Crippen LogP contribution in [0.2, 0.25) is 0 Å². The summed E-state index contributed by atoms with van der Waals surface area (Å²) < 4.78 is 13.8. The van der Waals surface area contributed by atoms with Gasteiger partial charge in [0, 0.05) is 18.3 Å². The second kappa shape index (κ2) is 5.03. The van der Waals surface area contributed by atoms with Gasteiger partial charge in [0.25, 0.3) is 0 Å². The van der Waals surface area contributed by atoms with E-state index in [0.717, 1.165) is 6.07 Å². The van der Waals surface area contributed by atoms with Crippen molar-refractivity contribution in [2.24, 2.45) is 0 Å². The number of benzene rings is 1. The standard InChI is InChI=1S/C12H17FN2O2/c1-4-15(7(2)3)11-5-8(12(16)17)10(14)6-9(11)13/h5-7H,4,14H2,1-3H3,(H,16,17). The van der Waals surface area contributed by atoms with Crippen molar-refractivity contribution in [2.45, 2.75) is 26.8 Å².